The number of aromatic amines is 1. The van der Waals surface area contributed by atoms with Crippen molar-refractivity contribution in [3.05, 3.63) is 53.3 Å². The second kappa shape index (κ2) is 9.18. The number of nitrogens with zero attached hydrogens (tertiary/aromatic N) is 2. The molecule has 0 atom stereocenters. The Hall–Kier alpha value is -2.66. The molecule has 0 bridgehead atoms. The molecule has 34 heavy (non-hydrogen) atoms. The second-order valence-electron chi connectivity index (χ2n) is 11.1. The van der Waals surface area contributed by atoms with Crippen molar-refractivity contribution in [2.75, 3.05) is 26.2 Å². The Morgan fingerprint density at radius 3 is 2.65 bits per heavy atom. The summed E-state index contributed by atoms with van der Waals surface area (Å²) in [5.74, 6) is 1.17. The second-order valence-corrected chi connectivity index (χ2v) is 11.1. The lowest BCUT2D eigenvalue weighted by Crippen LogP contribution is -2.43. The largest absolute Gasteiger partial charge is 0.354 e. The van der Waals surface area contributed by atoms with Crippen molar-refractivity contribution in [1.82, 2.24) is 20.2 Å². The Morgan fingerprint density at radius 1 is 1.21 bits per heavy atom. The van der Waals surface area contributed by atoms with E-state index < -0.39 is 0 Å². The number of benzene rings is 1. The molecule has 0 unspecified atom stereocenters. The number of aromatic nitrogens is 2. The summed E-state index contributed by atoms with van der Waals surface area (Å²) >= 11 is 0. The Balaban J connectivity index is 1.30. The third kappa shape index (κ3) is 4.76. The number of hydrogen-bond donors (Lipinski definition) is 2. The number of likely N-dealkylation sites (tertiary alicyclic amines) is 1. The van der Waals surface area contributed by atoms with Gasteiger partial charge in [0, 0.05) is 48.0 Å². The standard InChI is InChI=1S/C29H38N4O/c1-19(2)27-24-16-22(5-6-25(24)32-28(27)23-7-12-31-20(3)15-23)21-8-13-33(14-9-21)26(34)17-30-18-29(4)10-11-29/h5-7,12,15-16,19,21,30,32H,8-11,13-14,17-18H2,1-4H3. The molecule has 5 heteroatoms. The molecular weight excluding hydrogens is 420 g/mol. The van der Waals surface area contributed by atoms with Gasteiger partial charge in [0.05, 0.1) is 12.2 Å². The molecule has 1 amide bonds. The smallest absolute Gasteiger partial charge is 0.236 e. The number of nitrogens with one attached hydrogen (secondary N) is 2. The summed E-state index contributed by atoms with van der Waals surface area (Å²) in [4.78, 5) is 22.8. The topological polar surface area (TPSA) is 61.0 Å². The van der Waals surface area contributed by atoms with E-state index in [0.717, 1.165) is 38.2 Å². The highest BCUT2D eigenvalue weighted by atomic mass is 16.2. The minimum Gasteiger partial charge on any atom is -0.354 e. The lowest BCUT2D eigenvalue weighted by Gasteiger charge is -2.32. The lowest BCUT2D eigenvalue weighted by molar-refractivity contribution is -0.131. The van der Waals surface area contributed by atoms with Crippen LogP contribution in [0.5, 0.6) is 0 Å². The number of pyridine rings is 1. The van der Waals surface area contributed by atoms with Crippen molar-refractivity contribution >= 4 is 16.8 Å². The zero-order valence-electron chi connectivity index (χ0n) is 21.1. The maximum absolute atomic E-state index is 12.7. The molecule has 1 aliphatic carbocycles. The van der Waals surface area contributed by atoms with Crippen LogP contribution in [0.4, 0.5) is 0 Å². The molecule has 1 aromatic carbocycles. The highest BCUT2D eigenvalue weighted by Crippen LogP contribution is 2.44. The van der Waals surface area contributed by atoms with Crippen molar-refractivity contribution in [2.24, 2.45) is 5.41 Å². The van der Waals surface area contributed by atoms with Crippen molar-refractivity contribution in [2.45, 2.75) is 65.2 Å². The van der Waals surface area contributed by atoms with E-state index in [0.29, 0.717) is 23.8 Å². The number of piperidine rings is 1. The van der Waals surface area contributed by atoms with Gasteiger partial charge in [-0.25, -0.2) is 0 Å². The van der Waals surface area contributed by atoms with Gasteiger partial charge in [-0.3, -0.25) is 9.78 Å². The minimum absolute atomic E-state index is 0.253. The fourth-order valence-electron chi connectivity index (χ4n) is 5.45. The van der Waals surface area contributed by atoms with Crippen LogP contribution in [0.15, 0.2) is 36.5 Å². The summed E-state index contributed by atoms with van der Waals surface area (Å²) < 4.78 is 0. The number of H-pyrrole nitrogens is 1. The molecule has 5 rings (SSSR count). The number of carbonyl (C=O) groups excluding carboxylic acids is 1. The Bertz CT molecular complexity index is 1180. The van der Waals surface area contributed by atoms with Crippen molar-refractivity contribution in [3.8, 4) is 11.3 Å². The predicted molar refractivity (Wildman–Crippen MR) is 139 cm³/mol. The van der Waals surface area contributed by atoms with E-state index in [9.17, 15) is 4.79 Å². The fourth-order valence-corrected chi connectivity index (χ4v) is 5.45. The average molecular weight is 459 g/mol. The van der Waals surface area contributed by atoms with Crippen LogP contribution in [0, 0.1) is 12.3 Å². The van der Waals surface area contributed by atoms with Crippen LogP contribution in [0.2, 0.25) is 0 Å². The number of fused-ring (bicyclic) bond motifs is 1. The SMILES string of the molecule is Cc1cc(-c2[nH]c3ccc(C4CCN(C(=O)CNCC5(C)CC5)CC4)cc3c2C(C)C)ccn1. The highest BCUT2D eigenvalue weighted by Gasteiger charge is 2.36. The molecule has 0 spiro atoms. The summed E-state index contributed by atoms with van der Waals surface area (Å²) in [7, 11) is 0. The summed E-state index contributed by atoms with van der Waals surface area (Å²) in [6.07, 6.45) is 6.53. The number of rotatable bonds is 7. The van der Waals surface area contributed by atoms with E-state index in [4.69, 9.17) is 0 Å². The van der Waals surface area contributed by atoms with E-state index >= 15 is 0 Å². The first-order valence-corrected chi connectivity index (χ1v) is 12.9. The van der Waals surface area contributed by atoms with Crippen LogP contribution >= 0.6 is 0 Å². The molecule has 2 aromatic heterocycles. The van der Waals surface area contributed by atoms with Crippen LogP contribution in [0.1, 0.15) is 75.1 Å². The monoisotopic (exact) mass is 458 g/mol. The summed E-state index contributed by atoms with van der Waals surface area (Å²) in [6, 6.07) is 11.2. The molecule has 2 N–H and O–H groups in total. The summed E-state index contributed by atoms with van der Waals surface area (Å²) in [6.45, 7) is 12.0. The molecule has 0 radical (unpaired) electrons. The van der Waals surface area contributed by atoms with Gasteiger partial charge in [-0.05, 0) is 85.3 Å². The van der Waals surface area contributed by atoms with Crippen LogP contribution in [0.25, 0.3) is 22.2 Å². The summed E-state index contributed by atoms with van der Waals surface area (Å²) in [5, 5.41) is 4.71. The van der Waals surface area contributed by atoms with Gasteiger partial charge in [0.25, 0.3) is 0 Å². The van der Waals surface area contributed by atoms with Crippen LogP contribution < -0.4 is 5.32 Å². The van der Waals surface area contributed by atoms with Gasteiger partial charge in [0.15, 0.2) is 0 Å². The van der Waals surface area contributed by atoms with Gasteiger partial charge in [-0.15, -0.1) is 0 Å². The molecule has 1 saturated carbocycles. The Kier molecular flexibility index (Phi) is 6.24. The van der Waals surface area contributed by atoms with Gasteiger partial charge >= 0.3 is 0 Å². The van der Waals surface area contributed by atoms with E-state index in [1.54, 1.807) is 0 Å². The van der Waals surface area contributed by atoms with Gasteiger partial charge < -0.3 is 15.2 Å². The van der Waals surface area contributed by atoms with Crippen molar-refractivity contribution in [1.29, 1.82) is 0 Å². The summed E-state index contributed by atoms with van der Waals surface area (Å²) in [5.41, 5.74) is 7.86. The normalized spacial score (nSPS) is 18.1. The highest BCUT2D eigenvalue weighted by molar-refractivity contribution is 5.92. The molecule has 1 aliphatic heterocycles. The molecule has 5 nitrogen and oxygen atoms in total. The van der Waals surface area contributed by atoms with E-state index in [1.807, 2.05) is 13.1 Å². The molecule has 3 heterocycles. The van der Waals surface area contributed by atoms with Gasteiger partial charge in [-0.2, -0.15) is 0 Å². The molecule has 2 fully saturated rings. The van der Waals surface area contributed by atoms with Crippen molar-refractivity contribution in [3.63, 3.8) is 0 Å². The number of amides is 1. The fraction of sp³-hybridized carbons (Fsp3) is 0.517. The van der Waals surface area contributed by atoms with E-state index in [1.165, 1.54) is 46.1 Å². The van der Waals surface area contributed by atoms with Gasteiger partial charge in [-0.1, -0.05) is 26.8 Å². The maximum atomic E-state index is 12.7. The van der Waals surface area contributed by atoms with Crippen LogP contribution in [0.3, 0.4) is 0 Å². The zero-order valence-corrected chi connectivity index (χ0v) is 21.1. The van der Waals surface area contributed by atoms with E-state index in [2.05, 4.69) is 71.3 Å². The third-order valence-corrected chi connectivity index (χ3v) is 7.88. The Morgan fingerprint density at radius 2 is 1.97 bits per heavy atom. The zero-order chi connectivity index (χ0) is 23.9. The Labute approximate surface area is 203 Å². The van der Waals surface area contributed by atoms with E-state index in [-0.39, 0.29) is 5.91 Å². The van der Waals surface area contributed by atoms with Crippen LogP contribution in [-0.2, 0) is 4.79 Å². The predicted octanol–water partition coefficient (Wildman–Crippen LogP) is 5.76. The lowest BCUT2D eigenvalue weighted by atomic mass is 9.87. The first-order chi connectivity index (χ1) is 16.3. The van der Waals surface area contributed by atoms with Gasteiger partial charge in [0.1, 0.15) is 0 Å². The average Bonchev–Trinajstić information content (AvgIpc) is 3.43. The number of aryl methyl sites for hydroxylation is 1. The number of carbonyl (C=O) groups is 1. The first-order valence-electron chi connectivity index (χ1n) is 12.9. The molecule has 3 aromatic rings. The first kappa shape index (κ1) is 23.1. The minimum atomic E-state index is 0.253. The molecule has 180 valence electrons. The van der Waals surface area contributed by atoms with Crippen LogP contribution in [-0.4, -0.2) is 47.0 Å². The molecular formula is C29H38N4O. The number of hydrogen-bond acceptors (Lipinski definition) is 3. The third-order valence-electron chi connectivity index (χ3n) is 7.88. The molecule has 1 saturated heterocycles. The maximum Gasteiger partial charge on any atom is 0.236 e. The quantitative estimate of drug-likeness (QED) is 0.473. The van der Waals surface area contributed by atoms with Crippen molar-refractivity contribution < 1.29 is 4.79 Å². The van der Waals surface area contributed by atoms with Gasteiger partial charge in [0.2, 0.25) is 5.91 Å². The molecule has 2 aliphatic rings.